The van der Waals surface area contributed by atoms with E-state index in [2.05, 4.69) is 35.5 Å². The third-order valence-electron chi connectivity index (χ3n) is 6.54. The van der Waals surface area contributed by atoms with Crippen LogP contribution in [0.25, 0.3) is 55.8 Å². The van der Waals surface area contributed by atoms with Crippen LogP contribution in [0, 0.1) is 11.6 Å². The summed E-state index contributed by atoms with van der Waals surface area (Å²) in [5.41, 5.74) is 3.88. The zero-order chi connectivity index (χ0) is 26.9. The van der Waals surface area contributed by atoms with Gasteiger partial charge in [-0.3, -0.25) is 14.9 Å². The summed E-state index contributed by atoms with van der Waals surface area (Å²) < 4.78 is 30.6. The van der Waals surface area contributed by atoms with E-state index in [1.165, 1.54) is 18.5 Å². The third-order valence-corrected chi connectivity index (χ3v) is 6.54. The van der Waals surface area contributed by atoms with Crippen molar-refractivity contribution in [2.24, 2.45) is 0 Å². The lowest BCUT2D eigenvalue weighted by molar-refractivity contribution is -0.116. The summed E-state index contributed by atoms with van der Waals surface area (Å²) in [6.07, 6.45) is 6.73. The van der Waals surface area contributed by atoms with E-state index in [4.69, 9.17) is 0 Å². The zero-order valence-electron chi connectivity index (χ0n) is 20.9. The molecule has 194 valence electrons. The number of rotatable bonds is 7. The fourth-order valence-electron chi connectivity index (χ4n) is 4.61. The molecule has 0 bridgehead atoms. The van der Waals surface area contributed by atoms with Gasteiger partial charge in [0.05, 0.1) is 28.3 Å². The summed E-state index contributed by atoms with van der Waals surface area (Å²) in [6.45, 7) is 2.02. The number of fused-ring (bicyclic) bond motifs is 2. The van der Waals surface area contributed by atoms with E-state index >= 15 is 4.39 Å². The second kappa shape index (κ2) is 10.1. The predicted molar refractivity (Wildman–Crippen MR) is 146 cm³/mol. The Hall–Kier alpha value is -4.99. The molecule has 0 aliphatic carbocycles. The topological polar surface area (TPSA) is 112 Å². The van der Waals surface area contributed by atoms with Gasteiger partial charge >= 0.3 is 0 Å². The molecule has 3 N–H and O–H groups in total. The molecule has 6 aromatic rings. The Morgan fingerprint density at radius 2 is 1.90 bits per heavy atom. The van der Waals surface area contributed by atoms with Crippen LogP contribution in [0.3, 0.4) is 0 Å². The van der Waals surface area contributed by atoms with Crippen molar-refractivity contribution in [3.8, 4) is 33.8 Å². The highest BCUT2D eigenvalue weighted by Crippen LogP contribution is 2.35. The van der Waals surface area contributed by atoms with Crippen molar-refractivity contribution in [1.82, 2.24) is 30.1 Å². The summed E-state index contributed by atoms with van der Waals surface area (Å²) in [5.74, 6) is -0.717. The highest BCUT2D eigenvalue weighted by molar-refractivity contribution is 5.98. The Balaban J connectivity index is 1.42. The smallest absolute Gasteiger partial charge is 0.224 e. The van der Waals surface area contributed by atoms with E-state index in [9.17, 15) is 9.18 Å². The van der Waals surface area contributed by atoms with Crippen molar-refractivity contribution in [1.29, 1.82) is 0 Å². The van der Waals surface area contributed by atoms with Crippen LogP contribution in [0.4, 0.5) is 14.5 Å². The number of H-pyrrole nitrogens is 2. The van der Waals surface area contributed by atoms with E-state index < -0.39 is 5.82 Å². The number of hydrogen-bond donors (Lipinski definition) is 3. The average Bonchev–Trinajstić information content (AvgIpc) is 3.57. The molecule has 0 radical (unpaired) electrons. The van der Waals surface area contributed by atoms with Crippen molar-refractivity contribution in [3.63, 3.8) is 0 Å². The lowest BCUT2D eigenvalue weighted by Gasteiger charge is -2.08. The van der Waals surface area contributed by atoms with Gasteiger partial charge in [-0.25, -0.2) is 18.7 Å². The maximum absolute atomic E-state index is 16.1. The molecule has 1 amide bonds. The number of nitrogens with one attached hydrogen (secondary N) is 3. The van der Waals surface area contributed by atoms with Crippen LogP contribution in [-0.4, -0.2) is 36.0 Å². The number of benzene rings is 2. The van der Waals surface area contributed by atoms with Gasteiger partial charge in [-0.05, 0) is 36.8 Å². The minimum Gasteiger partial charge on any atom is -0.335 e. The molecule has 0 aliphatic heterocycles. The van der Waals surface area contributed by atoms with E-state index in [0.29, 0.717) is 56.9 Å². The maximum atomic E-state index is 16.1. The molecule has 0 saturated heterocycles. The van der Waals surface area contributed by atoms with E-state index in [1.807, 2.05) is 6.92 Å². The second-order valence-corrected chi connectivity index (χ2v) is 9.16. The highest BCUT2D eigenvalue weighted by Gasteiger charge is 2.21. The molecule has 0 aliphatic rings. The van der Waals surface area contributed by atoms with Crippen LogP contribution in [0.15, 0.2) is 67.1 Å². The Labute approximate surface area is 221 Å². The number of hydrogen-bond acceptors (Lipinski definition) is 5. The zero-order valence-corrected chi connectivity index (χ0v) is 20.9. The number of halogens is 2. The molecule has 10 heteroatoms. The number of aromatic amines is 2. The number of unbranched alkanes of at least 4 members (excludes halogenated alkanes) is 1. The van der Waals surface area contributed by atoms with E-state index in [-0.39, 0.29) is 22.8 Å². The van der Waals surface area contributed by atoms with Gasteiger partial charge in [-0.1, -0.05) is 31.5 Å². The fourth-order valence-corrected chi connectivity index (χ4v) is 4.61. The van der Waals surface area contributed by atoms with Gasteiger partial charge in [0.25, 0.3) is 0 Å². The largest absolute Gasteiger partial charge is 0.335 e. The molecule has 4 aromatic heterocycles. The molecular weight excluding hydrogens is 500 g/mol. The van der Waals surface area contributed by atoms with Gasteiger partial charge in [0.1, 0.15) is 17.3 Å². The summed E-state index contributed by atoms with van der Waals surface area (Å²) >= 11 is 0. The first-order chi connectivity index (χ1) is 19.0. The number of pyridine rings is 2. The fraction of sp³-hybridized carbons (Fsp3) is 0.138. The van der Waals surface area contributed by atoms with Crippen molar-refractivity contribution in [2.75, 3.05) is 5.32 Å². The molecule has 39 heavy (non-hydrogen) atoms. The van der Waals surface area contributed by atoms with Gasteiger partial charge in [-0.2, -0.15) is 5.10 Å². The first-order valence-electron chi connectivity index (χ1n) is 12.6. The van der Waals surface area contributed by atoms with Crippen molar-refractivity contribution in [3.05, 3.63) is 78.8 Å². The molecule has 2 aromatic carbocycles. The number of anilines is 1. The molecule has 4 heterocycles. The summed E-state index contributed by atoms with van der Waals surface area (Å²) in [7, 11) is 0. The average molecular weight is 524 g/mol. The van der Waals surface area contributed by atoms with Crippen LogP contribution in [0.2, 0.25) is 0 Å². The normalized spacial score (nSPS) is 11.4. The molecule has 8 nitrogen and oxygen atoms in total. The quantitative estimate of drug-likeness (QED) is 0.217. The third kappa shape index (κ3) is 4.50. The molecule has 0 unspecified atom stereocenters. The number of carbonyl (C=O) groups is 1. The molecule has 0 atom stereocenters. The molecule has 6 rings (SSSR count). The van der Waals surface area contributed by atoms with Crippen LogP contribution >= 0.6 is 0 Å². The van der Waals surface area contributed by atoms with Gasteiger partial charge in [0, 0.05) is 41.1 Å². The molecule has 0 saturated carbocycles. The van der Waals surface area contributed by atoms with E-state index in [1.54, 1.807) is 48.7 Å². The Morgan fingerprint density at radius 1 is 1.03 bits per heavy atom. The summed E-state index contributed by atoms with van der Waals surface area (Å²) in [4.78, 5) is 28.4. The second-order valence-electron chi connectivity index (χ2n) is 9.16. The number of amides is 1. The van der Waals surface area contributed by atoms with Crippen LogP contribution < -0.4 is 5.32 Å². The number of nitrogens with zero attached hydrogens (tertiary/aromatic N) is 4. The van der Waals surface area contributed by atoms with Gasteiger partial charge in [0.15, 0.2) is 11.5 Å². The number of aromatic nitrogens is 6. The standard InChI is InChI=1S/C29H23F2N7O/c1-2-3-8-23(39)34-17-13-16(14-32-15-17)18-9-10-22-24(25(18)31)27(38-37-22)29-35-26-20(11-12-33-28(26)36-29)19-6-4-5-7-21(19)30/h4-7,9-15H,2-3,8H2,1H3,(H,34,39)(H,37,38)(H,33,35,36). The Morgan fingerprint density at radius 3 is 2.74 bits per heavy atom. The Bertz CT molecular complexity index is 1840. The molecular formula is C29H23F2N7O. The summed E-state index contributed by atoms with van der Waals surface area (Å²) in [6, 6.07) is 13.2. The van der Waals surface area contributed by atoms with Crippen LogP contribution in [0.5, 0.6) is 0 Å². The van der Waals surface area contributed by atoms with Crippen LogP contribution in [0.1, 0.15) is 26.2 Å². The first kappa shape index (κ1) is 24.4. The summed E-state index contributed by atoms with van der Waals surface area (Å²) in [5, 5.41) is 10.2. The highest BCUT2D eigenvalue weighted by atomic mass is 19.1. The SMILES string of the molecule is CCCCC(=O)Nc1cncc(-c2ccc3[nH]nc(-c4nc5nccc(-c6ccccc6F)c5[nH]4)c3c2F)c1. The Kier molecular flexibility index (Phi) is 6.28. The predicted octanol–water partition coefficient (Wildman–Crippen LogP) is 6.64. The molecule has 0 spiro atoms. The van der Waals surface area contributed by atoms with Gasteiger partial charge in [-0.15, -0.1) is 0 Å². The molecule has 0 fully saturated rings. The minimum atomic E-state index is -0.518. The van der Waals surface area contributed by atoms with Crippen molar-refractivity contribution >= 4 is 33.7 Å². The monoisotopic (exact) mass is 523 g/mol. The van der Waals surface area contributed by atoms with Crippen LogP contribution in [-0.2, 0) is 4.79 Å². The van der Waals surface area contributed by atoms with E-state index in [0.717, 1.165) is 12.8 Å². The lowest BCUT2D eigenvalue weighted by Crippen LogP contribution is -2.11. The maximum Gasteiger partial charge on any atom is 0.224 e. The van der Waals surface area contributed by atoms with Crippen molar-refractivity contribution < 1.29 is 13.6 Å². The van der Waals surface area contributed by atoms with Gasteiger partial charge in [0.2, 0.25) is 5.91 Å². The number of carbonyl (C=O) groups excluding carboxylic acids is 1. The van der Waals surface area contributed by atoms with Crippen molar-refractivity contribution in [2.45, 2.75) is 26.2 Å². The lowest BCUT2D eigenvalue weighted by atomic mass is 10.0. The minimum absolute atomic E-state index is 0.114. The van der Waals surface area contributed by atoms with Gasteiger partial charge < -0.3 is 10.3 Å². The number of imidazole rings is 1. The first-order valence-corrected chi connectivity index (χ1v) is 12.6.